The number of nitrogens with zero attached hydrogens (tertiary/aromatic N) is 1. The fourth-order valence-electron chi connectivity index (χ4n) is 3.94. The summed E-state index contributed by atoms with van der Waals surface area (Å²) in [5.41, 5.74) is 2.10. The summed E-state index contributed by atoms with van der Waals surface area (Å²) in [4.78, 5) is 16.2. The monoisotopic (exact) mass is 445 g/mol. The number of aromatic nitrogens is 1. The SMILES string of the molecule is O=C(NCCc1c[nH]c2ccc(Cl)cc12)[C@H]1CCCN(S(=O)(=O)c2ccccc2)C1. The molecule has 2 heterocycles. The van der Waals surface area contributed by atoms with Gasteiger partial charge < -0.3 is 10.3 Å². The number of amides is 1. The number of hydrogen-bond acceptors (Lipinski definition) is 3. The van der Waals surface area contributed by atoms with E-state index in [1.54, 1.807) is 30.3 Å². The molecule has 1 saturated heterocycles. The van der Waals surface area contributed by atoms with Gasteiger partial charge in [-0.05, 0) is 55.2 Å². The highest BCUT2D eigenvalue weighted by Gasteiger charge is 2.33. The van der Waals surface area contributed by atoms with Gasteiger partial charge in [0.2, 0.25) is 15.9 Å². The van der Waals surface area contributed by atoms with Gasteiger partial charge in [0.25, 0.3) is 0 Å². The molecule has 2 N–H and O–H groups in total. The van der Waals surface area contributed by atoms with E-state index in [0.29, 0.717) is 37.4 Å². The minimum Gasteiger partial charge on any atom is -0.361 e. The predicted molar refractivity (Wildman–Crippen MR) is 118 cm³/mol. The standard InChI is InChI=1S/C22H24ClN3O3S/c23-18-8-9-21-20(13-18)16(14-25-21)10-11-24-22(27)17-5-4-12-26(15-17)30(28,29)19-6-2-1-3-7-19/h1-3,6-9,13-14,17,25H,4-5,10-12,15H2,(H,24,27)/t17-/m0/s1. The van der Waals surface area contributed by atoms with E-state index in [2.05, 4.69) is 10.3 Å². The maximum absolute atomic E-state index is 12.9. The van der Waals surface area contributed by atoms with Crippen molar-refractivity contribution >= 4 is 38.4 Å². The largest absolute Gasteiger partial charge is 0.361 e. The second-order valence-electron chi connectivity index (χ2n) is 7.56. The van der Waals surface area contributed by atoms with Gasteiger partial charge in [-0.2, -0.15) is 4.31 Å². The molecule has 0 radical (unpaired) electrons. The van der Waals surface area contributed by atoms with Gasteiger partial charge in [-0.25, -0.2) is 8.42 Å². The lowest BCUT2D eigenvalue weighted by molar-refractivity contribution is -0.126. The summed E-state index contributed by atoms with van der Waals surface area (Å²) < 4.78 is 27.1. The van der Waals surface area contributed by atoms with Gasteiger partial charge in [-0.15, -0.1) is 0 Å². The number of fused-ring (bicyclic) bond motifs is 1. The van der Waals surface area contributed by atoms with E-state index in [9.17, 15) is 13.2 Å². The third-order valence-corrected chi connectivity index (χ3v) is 7.67. The van der Waals surface area contributed by atoms with Gasteiger partial charge in [0.15, 0.2) is 0 Å². The Morgan fingerprint density at radius 1 is 1.20 bits per heavy atom. The summed E-state index contributed by atoms with van der Waals surface area (Å²) in [6, 6.07) is 14.1. The smallest absolute Gasteiger partial charge is 0.243 e. The van der Waals surface area contributed by atoms with Crippen LogP contribution in [0.1, 0.15) is 18.4 Å². The van der Waals surface area contributed by atoms with Crippen molar-refractivity contribution < 1.29 is 13.2 Å². The minimum absolute atomic E-state index is 0.0964. The minimum atomic E-state index is -3.58. The summed E-state index contributed by atoms with van der Waals surface area (Å²) in [6.45, 7) is 1.14. The van der Waals surface area contributed by atoms with Crippen molar-refractivity contribution in [3.8, 4) is 0 Å². The number of nitrogens with one attached hydrogen (secondary N) is 2. The molecule has 8 heteroatoms. The van der Waals surface area contributed by atoms with E-state index in [0.717, 1.165) is 16.5 Å². The molecule has 30 heavy (non-hydrogen) atoms. The first-order valence-electron chi connectivity index (χ1n) is 10.0. The van der Waals surface area contributed by atoms with Crippen LogP contribution in [0.2, 0.25) is 5.02 Å². The van der Waals surface area contributed by atoms with Crippen LogP contribution in [0.15, 0.2) is 59.6 Å². The Bertz CT molecular complexity index is 1140. The number of H-pyrrole nitrogens is 1. The molecule has 1 aromatic heterocycles. The fraction of sp³-hybridized carbons (Fsp3) is 0.318. The van der Waals surface area contributed by atoms with Crippen LogP contribution in [0.25, 0.3) is 10.9 Å². The van der Waals surface area contributed by atoms with Crippen molar-refractivity contribution in [2.24, 2.45) is 5.92 Å². The zero-order valence-corrected chi connectivity index (χ0v) is 18.0. The van der Waals surface area contributed by atoms with E-state index in [1.165, 1.54) is 4.31 Å². The van der Waals surface area contributed by atoms with Crippen LogP contribution in [-0.4, -0.2) is 43.2 Å². The molecule has 1 aliphatic rings. The Morgan fingerprint density at radius 3 is 2.80 bits per heavy atom. The molecule has 0 saturated carbocycles. The number of piperidine rings is 1. The number of halogens is 1. The van der Waals surface area contributed by atoms with E-state index in [-0.39, 0.29) is 23.3 Å². The van der Waals surface area contributed by atoms with Crippen molar-refractivity contribution in [2.45, 2.75) is 24.2 Å². The van der Waals surface area contributed by atoms with Crippen LogP contribution < -0.4 is 5.32 Å². The summed E-state index contributed by atoms with van der Waals surface area (Å²) in [7, 11) is -3.58. The highest BCUT2D eigenvalue weighted by atomic mass is 35.5. The zero-order chi connectivity index (χ0) is 21.1. The molecule has 1 amide bonds. The van der Waals surface area contributed by atoms with E-state index in [1.807, 2.05) is 24.4 Å². The van der Waals surface area contributed by atoms with Crippen LogP contribution >= 0.6 is 11.6 Å². The number of hydrogen-bond donors (Lipinski definition) is 2. The first-order chi connectivity index (χ1) is 14.4. The quantitative estimate of drug-likeness (QED) is 0.608. The Morgan fingerprint density at radius 2 is 2.00 bits per heavy atom. The number of aromatic amines is 1. The maximum atomic E-state index is 12.9. The maximum Gasteiger partial charge on any atom is 0.243 e. The Balaban J connectivity index is 1.36. The number of rotatable bonds is 6. The van der Waals surface area contributed by atoms with E-state index in [4.69, 9.17) is 11.6 Å². The highest BCUT2D eigenvalue weighted by Crippen LogP contribution is 2.25. The van der Waals surface area contributed by atoms with Gasteiger partial charge >= 0.3 is 0 Å². The summed E-state index contributed by atoms with van der Waals surface area (Å²) in [5, 5.41) is 4.70. The van der Waals surface area contributed by atoms with Crippen LogP contribution in [-0.2, 0) is 21.2 Å². The zero-order valence-electron chi connectivity index (χ0n) is 16.5. The topological polar surface area (TPSA) is 82.3 Å². The van der Waals surface area contributed by atoms with Gasteiger partial charge in [0.05, 0.1) is 10.8 Å². The molecule has 1 fully saturated rings. The van der Waals surface area contributed by atoms with Gasteiger partial charge in [-0.1, -0.05) is 29.8 Å². The number of carbonyl (C=O) groups excluding carboxylic acids is 1. The third-order valence-electron chi connectivity index (χ3n) is 5.56. The second kappa shape index (κ2) is 8.79. The lowest BCUT2D eigenvalue weighted by Crippen LogP contribution is -2.45. The molecule has 1 atom stereocenters. The van der Waals surface area contributed by atoms with Crippen LogP contribution in [0.5, 0.6) is 0 Å². The summed E-state index contributed by atoms with van der Waals surface area (Å²) in [6.07, 6.45) is 3.97. The molecule has 4 rings (SSSR count). The molecule has 1 aliphatic heterocycles. The second-order valence-corrected chi connectivity index (χ2v) is 9.93. The molecule has 3 aromatic rings. The Labute approximate surface area is 181 Å². The van der Waals surface area contributed by atoms with Crippen molar-refractivity contribution in [1.82, 2.24) is 14.6 Å². The summed E-state index contributed by atoms with van der Waals surface area (Å²) >= 11 is 6.09. The van der Waals surface area contributed by atoms with Crippen LogP contribution in [0, 0.1) is 5.92 Å². The molecule has 0 bridgehead atoms. The fourth-order valence-corrected chi connectivity index (χ4v) is 5.66. The van der Waals surface area contributed by atoms with E-state index >= 15 is 0 Å². The Kier molecular flexibility index (Phi) is 6.13. The van der Waals surface area contributed by atoms with Gasteiger partial charge in [0, 0.05) is 41.8 Å². The van der Waals surface area contributed by atoms with Crippen LogP contribution in [0.3, 0.4) is 0 Å². The molecule has 0 aliphatic carbocycles. The van der Waals surface area contributed by atoms with Crippen molar-refractivity contribution in [3.63, 3.8) is 0 Å². The van der Waals surface area contributed by atoms with Crippen molar-refractivity contribution in [3.05, 3.63) is 65.3 Å². The Hall–Kier alpha value is -2.35. The first kappa shape index (κ1) is 20.9. The average molecular weight is 446 g/mol. The molecule has 0 spiro atoms. The van der Waals surface area contributed by atoms with Crippen molar-refractivity contribution in [2.75, 3.05) is 19.6 Å². The molecular formula is C22H24ClN3O3S. The lowest BCUT2D eigenvalue weighted by atomic mass is 9.99. The van der Waals surface area contributed by atoms with E-state index < -0.39 is 10.0 Å². The summed E-state index contributed by atoms with van der Waals surface area (Å²) in [5.74, 6) is -0.435. The average Bonchev–Trinajstić information content (AvgIpc) is 3.16. The third kappa shape index (κ3) is 4.38. The molecule has 2 aromatic carbocycles. The number of sulfonamides is 1. The normalized spacial score (nSPS) is 17.8. The number of benzene rings is 2. The van der Waals surface area contributed by atoms with Crippen molar-refractivity contribution in [1.29, 1.82) is 0 Å². The molecule has 0 unspecified atom stereocenters. The molecule has 6 nitrogen and oxygen atoms in total. The van der Waals surface area contributed by atoms with Crippen LogP contribution in [0.4, 0.5) is 0 Å². The molecular weight excluding hydrogens is 422 g/mol. The molecule has 158 valence electrons. The number of carbonyl (C=O) groups is 1. The lowest BCUT2D eigenvalue weighted by Gasteiger charge is -2.31. The predicted octanol–water partition coefficient (Wildman–Crippen LogP) is 3.58. The first-order valence-corrected chi connectivity index (χ1v) is 11.9. The highest BCUT2D eigenvalue weighted by molar-refractivity contribution is 7.89. The van der Waals surface area contributed by atoms with Gasteiger partial charge in [-0.3, -0.25) is 4.79 Å². The van der Waals surface area contributed by atoms with Gasteiger partial charge in [0.1, 0.15) is 0 Å².